The Morgan fingerprint density at radius 3 is 2.39 bits per heavy atom. The first-order valence-electron chi connectivity index (χ1n) is 9.17. The van der Waals surface area contributed by atoms with Gasteiger partial charge in [-0.1, -0.05) is 39.7 Å². The lowest BCUT2D eigenvalue weighted by Gasteiger charge is -2.41. The van der Waals surface area contributed by atoms with Crippen LogP contribution in [-0.2, 0) is 14.4 Å². The van der Waals surface area contributed by atoms with Gasteiger partial charge in [0.1, 0.15) is 6.29 Å². The number of halogens is 1. The van der Waals surface area contributed by atoms with Crippen molar-refractivity contribution in [1.82, 2.24) is 4.90 Å². The Labute approximate surface area is 170 Å². The zero-order valence-corrected chi connectivity index (χ0v) is 16.7. The Kier molecular flexibility index (Phi) is 3.81. The summed E-state index contributed by atoms with van der Waals surface area (Å²) in [5, 5.41) is 0. The van der Waals surface area contributed by atoms with Crippen molar-refractivity contribution in [2.24, 2.45) is 11.8 Å². The maximum absolute atomic E-state index is 13.2. The van der Waals surface area contributed by atoms with Crippen LogP contribution < -0.4 is 4.90 Å². The van der Waals surface area contributed by atoms with Crippen LogP contribution >= 0.6 is 15.9 Å². The van der Waals surface area contributed by atoms with Gasteiger partial charge in [0.15, 0.2) is 0 Å². The van der Waals surface area contributed by atoms with Gasteiger partial charge in [-0.25, -0.2) is 4.90 Å². The summed E-state index contributed by atoms with van der Waals surface area (Å²) in [4.78, 5) is 41.5. The zero-order chi connectivity index (χ0) is 19.6. The lowest BCUT2D eigenvalue weighted by atomic mass is 9.88. The first kappa shape index (κ1) is 17.4. The molecule has 28 heavy (non-hydrogen) atoms. The molecule has 0 spiro atoms. The second-order valence-electron chi connectivity index (χ2n) is 7.49. The number of rotatable bonds is 3. The van der Waals surface area contributed by atoms with E-state index in [1.54, 1.807) is 24.3 Å². The number of hydrogen-bond donors (Lipinski definition) is 0. The molecule has 0 bridgehead atoms. The van der Waals surface area contributed by atoms with E-state index in [1.807, 2.05) is 36.1 Å². The summed E-state index contributed by atoms with van der Waals surface area (Å²) in [6.45, 7) is 2.01. The summed E-state index contributed by atoms with van der Waals surface area (Å²) in [7, 11) is 0. The predicted molar refractivity (Wildman–Crippen MR) is 108 cm³/mol. The first-order valence-corrected chi connectivity index (χ1v) is 9.96. The average Bonchev–Trinajstić information content (AvgIpc) is 3.05. The number of amides is 2. The molecule has 2 amide bonds. The second-order valence-corrected chi connectivity index (χ2v) is 8.40. The molecular formula is C22H17BrN2O3. The van der Waals surface area contributed by atoms with E-state index >= 15 is 0 Å². The summed E-state index contributed by atoms with van der Waals surface area (Å²) < 4.78 is 0.872. The molecule has 2 saturated heterocycles. The molecule has 3 aliphatic rings. The highest BCUT2D eigenvalue weighted by Gasteiger charge is 2.64. The molecule has 0 N–H and O–H groups in total. The highest BCUT2D eigenvalue weighted by atomic mass is 79.9. The zero-order valence-electron chi connectivity index (χ0n) is 15.1. The van der Waals surface area contributed by atoms with E-state index in [1.165, 1.54) is 4.90 Å². The van der Waals surface area contributed by atoms with Gasteiger partial charge < -0.3 is 9.69 Å². The van der Waals surface area contributed by atoms with Gasteiger partial charge in [-0.3, -0.25) is 9.59 Å². The van der Waals surface area contributed by atoms with Crippen molar-refractivity contribution >= 4 is 45.4 Å². The minimum absolute atomic E-state index is 0.215. The van der Waals surface area contributed by atoms with Crippen LogP contribution in [0.15, 0.2) is 59.1 Å². The Bertz CT molecular complexity index is 1050. The van der Waals surface area contributed by atoms with Gasteiger partial charge in [-0.15, -0.1) is 0 Å². The molecule has 5 rings (SSSR count). The van der Waals surface area contributed by atoms with Gasteiger partial charge in [0, 0.05) is 10.2 Å². The minimum Gasteiger partial charge on any atom is -0.353 e. The normalized spacial score (nSPS) is 28.0. The maximum Gasteiger partial charge on any atom is 0.240 e. The van der Waals surface area contributed by atoms with Gasteiger partial charge in [-0.2, -0.15) is 0 Å². The summed E-state index contributed by atoms with van der Waals surface area (Å²) in [5.41, 5.74) is 3.60. The highest BCUT2D eigenvalue weighted by molar-refractivity contribution is 9.10. The minimum atomic E-state index is -0.641. The number of carbonyl (C=O) groups is 3. The average molecular weight is 437 g/mol. The van der Waals surface area contributed by atoms with Crippen molar-refractivity contribution in [2.75, 3.05) is 4.90 Å². The van der Waals surface area contributed by atoms with Crippen molar-refractivity contribution in [3.63, 3.8) is 0 Å². The van der Waals surface area contributed by atoms with E-state index in [4.69, 9.17) is 0 Å². The van der Waals surface area contributed by atoms with E-state index in [0.29, 0.717) is 5.69 Å². The van der Waals surface area contributed by atoms with Crippen molar-refractivity contribution in [1.29, 1.82) is 0 Å². The number of aryl methyl sites for hydroxylation is 1. The van der Waals surface area contributed by atoms with Gasteiger partial charge in [0.25, 0.3) is 0 Å². The molecule has 140 valence electrons. The fourth-order valence-electron chi connectivity index (χ4n) is 4.69. The summed E-state index contributed by atoms with van der Waals surface area (Å²) in [6, 6.07) is 14.3. The molecule has 3 heterocycles. The fourth-order valence-corrected chi connectivity index (χ4v) is 4.96. The third-order valence-electron chi connectivity index (χ3n) is 5.92. The SMILES string of the molecule is Cc1cccc(C2=CC3[C@@H]4C(=O)N(c5ccc(Br)cc5)C(=O)[C@@H]4[C@@H](C=O)N23)c1. The number of benzene rings is 2. The number of anilines is 1. The molecule has 2 aromatic carbocycles. The lowest BCUT2D eigenvalue weighted by molar-refractivity contribution is -0.125. The molecule has 5 nitrogen and oxygen atoms in total. The van der Waals surface area contributed by atoms with Crippen LogP contribution in [0.3, 0.4) is 0 Å². The van der Waals surface area contributed by atoms with Crippen LogP contribution in [-0.4, -0.2) is 35.1 Å². The summed E-state index contributed by atoms with van der Waals surface area (Å²) >= 11 is 3.36. The van der Waals surface area contributed by atoms with Crippen LogP contribution in [0.25, 0.3) is 5.70 Å². The van der Waals surface area contributed by atoms with E-state index in [-0.39, 0.29) is 17.9 Å². The molecule has 4 atom stereocenters. The number of imide groups is 1. The standard InChI is InChI=1S/C22H17BrN2O3/c1-12-3-2-4-13(9-12)16-10-17-19-20(18(11-26)25(16)17)22(28)24(21(19)27)15-7-5-14(23)6-8-15/h2-11,17-20H,1H3/t17?,18-,19+,20-/m1/s1. The van der Waals surface area contributed by atoms with Crippen LogP contribution in [0.2, 0.25) is 0 Å². The Balaban J connectivity index is 1.52. The predicted octanol–water partition coefficient (Wildman–Crippen LogP) is 3.17. The lowest BCUT2D eigenvalue weighted by Crippen LogP contribution is -2.48. The molecule has 1 unspecified atom stereocenters. The van der Waals surface area contributed by atoms with E-state index in [9.17, 15) is 14.4 Å². The smallest absolute Gasteiger partial charge is 0.240 e. The largest absolute Gasteiger partial charge is 0.353 e. The molecule has 6 heteroatoms. The van der Waals surface area contributed by atoms with E-state index < -0.39 is 17.9 Å². The topological polar surface area (TPSA) is 57.7 Å². The van der Waals surface area contributed by atoms with Crippen molar-refractivity contribution in [2.45, 2.75) is 19.0 Å². The third kappa shape index (κ3) is 2.27. The number of hydrogen-bond acceptors (Lipinski definition) is 4. The molecule has 2 aromatic rings. The third-order valence-corrected chi connectivity index (χ3v) is 6.45. The maximum atomic E-state index is 13.2. The van der Waals surface area contributed by atoms with Crippen LogP contribution in [0.4, 0.5) is 5.69 Å². The summed E-state index contributed by atoms with van der Waals surface area (Å²) in [5.74, 6) is -1.67. The quantitative estimate of drug-likeness (QED) is 0.547. The first-order chi connectivity index (χ1) is 13.5. The van der Waals surface area contributed by atoms with Crippen molar-refractivity contribution in [3.8, 4) is 0 Å². The van der Waals surface area contributed by atoms with Crippen molar-refractivity contribution < 1.29 is 14.4 Å². The molecule has 0 radical (unpaired) electrons. The fraction of sp³-hybridized carbons (Fsp3) is 0.227. The van der Waals surface area contributed by atoms with Crippen molar-refractivity contribution in [3.05, 3.63) is 70.2 Å². The highest BCUT2D eigenvalue weighted by Crippen LogP contribution is 2.51. The second kappa shape index (κ2) is 6.14. The molecule has 2 fully saturated rings. The summed E-state index contributed by atoms with van der Waals surface area (Å²) in [6.07, 6.45) is 2.84. The number of aldehydes is 1. The van der Waals surface area contributed by atoms with Crippen LogP contribution in [0.5, 0.6) is 0 Å². The number of carbonyl (C=O) groups excluding carboxylic acids is 3. The number of nitrogens with zero attached hydrogens (tertiary/aromatic N) is 2. The molecule has 0 saturated carbocycles. The number of fused-ring (bicyclic) bond motifs is 3. The van der Waals surface area contributed by atoms with E-state index in [2.05, 4.69) is 22.0 Å². The Hall–Kier alpha value is -2.73. The van der Waals surface area contributed by atoms with Gasteiger partial charge in [0.05, 0.1) is 29.6 Å². The molecule has 0 aliphatic carbocycles. The molecule has 3 aliphatic heterocycles. The van der Waals surface area contributed by atoms with Crippen LogP contribution in [0, 0.1) is 18.8 Å². The molecular weight excluding hydrogens is 420 g/mol. The van der Waals surface area contributed by atoms with Gasteiger partial charge in [0.2, 0.25) is 11.8 Å². The molecule has 0 aromatic heterocycles. The van der Waals surface area contributed by atoms with E-state index in [0.717, 1.165) is 27.6 Å². The van der Waals surface area contributed by atoms with Crippen LogP contribution in [0.1, 0.15) is 11.1 Å². The van der Waals surface area contributed by atoms with Gasteiger partial charge in [-0.05, 0) is 48.9 Å². The monoisotopic (exact) mass is 436 g/mol. The Morgan fingerprint density at radius 2 is 1.71 bits per heavy atom. The van der Waals surface area contributed by atoms with Gasteiger partial charge >= 0.3 is 0 Å². The Morgan fingerprint density at radius 1 is 1.00 bits per heavy atom.